The number of nitrogens with one attached hydrogen (secondary N) is 1. The second-order valence-corrected chi connectivity index (χ2v) is 6.15. The van der Waals surface area contributed by atoms with E-state index in [2.05, 4.69) is 15.2 Å². The summed E-state index contributed by atoms with van der Waals surface area (Å²) in [5, 5.41) is 7.49. The van der Waals surface area contributed by atoms with E-state index in [1.165, 1.54) is 18.2 Å². The smallest absolute Gasteiger partial charge is 0.387 e. The third-order valence-electron chi connectivity index (χ3n) is 3.64. The van der Waals surface area contributed by atoms with E-state index in [0.717, 1.165) is 0 Å². The largest absolute Gasteiger partial charge is 0.433 e. The third kappa shape index (κ3) is 4.41. The zero-order valence-corrected chi connectivity index (χ0v) is 15.3. The number of aryl methyl sites for hydroxylation is 1. The summed E-state index contributed by atoms with van der Waals surface area (Å²) < 4.78 is 30.3. The van der Waals surface area contributed by atoms with Gasteiger partial charge in [-0.15, -0.1) is 0 Å². The fourth-order valence-electron chi connectivity index (χ4n) is 2.41. The molecule has 0 saturated heterocycles. The maximum Gasteiger partial charge on any atom is 0.387 e. The van der Waals surface area contributed by atoms with Crippen molar-refractivity contribution in [2.45, 2.75) is 39.8 Å². The first-order valence-corrected chi connectivity index (χ1v) is 8.26. The number of ether oxygens (including phenoxy) is 1. The number of benzene rings is 1. The number of carbonyl (C=O) groups is 1. The summed E-state index contributed by atoms with van der Waals surface area (Å²) in [6, 6.07) is 3.48. The third-order valence-corrected chi connectivity index (χ3v) is 4.48. The SMILES string of the molecule is CCC(C(=O)Nc1ccc(OC(F)F)c(Cl)c1)n1nc(C)c(Cl)c1C. The monoisotopic (exact) mass is 391 g/mol. The minimum absolute atomic E-state index is 0.0275. The molecule has 1 heterocycles. The van der Waals surface area contributed by atoms with Crippen molar-refractivity contribution in [3.8, 4) is 5.75 Å². The van der Waals surface area contributed by atoms with E-state index >= 15 is 0 Å². The molecule has 0 aliphatic carbocycles. The Bertz CT molecular complexity index is 781. The Morgan fingerprint density at radius 2 is 2.04 bits per heavy atom. The highest BCUT2D eigenvalue weighted by Gasteiger charge is 2.23. The lowest BCUT2D eigenvalue weighted by Crippen LogP contribution is -2.27. The lowest BCUT2D eigenvalue weighted by atomic mass is 10.2. The van der Waals surface area contributed by atoms with Crippen molar-refractivity contribution in [2.75, 3.05) is 5.32 Å². The van der Waals surface area contributed by atoms with Crippen LogP contribution in [-0.2, 0) is 4.79 Å². The Morgan fingerprint density at radius 3 is 2.52 bits per heavy atom. The van der Waals surface area contributed by atoms with Crippen molar-refractivity contribution in [3.05, 3.63) is 39.6 Å². The summed E-state index contributed by atoms with van der Waals surface area (Å²) in [6.07, 6.45) is 0.491. The van der Waals surface area contributed by atoms with Gasteiger partial charge in [0.2, 0.25) is 5.91 Å². The van der Waals surface area contributed by atoms with Gasteiger partial charge in [-0.25, -0.2) is 0 Å². The van der Waals surface area contributed by atoms with Crippen molar-refractivity contribution in [3.63, 3.8) is 0 Å². The Labute approximate surface area is 153 Å². The lowest BCUT2D eigenvalue weighted by molar-refractivity contribution is -0.119. The molecule has 0 aliphatic heterocycles. The minimum Gasteiger partial charge on any atom is -0.433 e. The summed E-state index contributed by atoms with van der Waals surface area (Å²) in [4.78, 5) is 12.6. The number of rotatable bonds is 6. The molecular weight excluding hydrogens is 375 g/mol. The number of carbonyl (C=O) groups excluding carboxylic acids is 1. The van der Waals surface area contributed by atoms with Crippen LogP contribution in [0.4, 0.5) is 14.5 Å². The van der Waals surface area contributed by atoms with Crippen molar-refractivity contribution < 1.29 is 18.3 Å². The molecule has 2 aromatic rings. The van der Waals surface area contributed by atoms with Gasteiger partial charge in [0, 0.05) is 5.69 Å². The van der Waals surface area contributed by atoms with Gasteiger partial charge in [0.05, 0.1) is 21.4 Å². The molecule has 1 aromatic carbocycles. The van der Waals surface area contributed by atoms with Gasteiger partial charge in [0.25, 0.3) is 0 Å². The fourth-order valence-corrected chi connectivity index (χ4v) is 2.76. The van der Waals surface area contributed by atoms with Gasteiger partial charge in [0.1, 0.15) is 11.8 Å². The summed E-state index contributed by atoms with van der Waals surface area (Å²) in [5.41, 5.74) is 1.70. The van der Waals surface area contributed by atoms with Gasteiger partial charge >= 0.3 is 6.61 Å². The predicted molar refractivity (Wildman–Crippen MR) is 92.8 cm³/mol. The number of hydrogen-bond donors (Lipinski definition) is 1. The molecule has 25 heavy (non-hydrogen) atoms. The molecule has 2 rings (SSSR count). The van der Waals surface area contributed by atoms with Gasteiger partial charge in [0.15, 0.2) is 0 Å². The molecule has 1 atom stereocenters. The van der Waals surface area contributed by atoms with Gasteiger partial charge in [-0.2, -0.15) is 13.9 Å². The maximum absolute atomic E-state index is 12.6. The van der Waals surface area contributed by atoms with Crippen molar-refractivity contribution in [1.29, 1.82) is 0 Å². The van der Waals surface area contributed by atoms with Crippen LogP contribution in [0.3, 0.4) is 0 Å². The first-order valence-electron chi connectivity index (χ1n) is 7.51. The van der Waals surface area contributed by atoms with E-state index in [-0.39, 0.29) is 16.7 Å². The van der Waals surface area contributed by atoms with Crippen LogP contribution in [0, 0.1) is 13.8 Å². The maximum atomic E-state index is 12.6. The molecular formula is C16H17Cl2F2N3O2. The first-order chi connectivity index (χ1) is 11.7. The van der Waals surface area contributed by atoms with Crippen molar-refractivity contribution in [2.24, 2.45) is 0 Å². The predicted octanol–water partition coefficient (Wildman–Crippen LogP) is 5.00. The van der Waals surface area contributed by atoms with Gasteiger partial charge in [-0.1, -0.05) is 30.1 Å². The fraction of sp³-hybridized carbons (Fsp3) is 0.375. The zero-order valence-electron chi connectivity index (χ0n) is 13.8. The second kappa shape index (κ2) is 8.01. The Kier molecular flexibility index (Phi) is 6.24. The molecule has 0 fully saturated rings. The van der Waals surface area contributed by atoms with Crippen LogP contribution < -0.4 is 10.1 Å². The van der Waals surface area contributed by atoms with Gasteiger partial charge in [-0.05, 0) is 38.5 Å². The molecule has 1 unspecified atom stereocenters. The Balaban J connectivity index is 2.19. The van der Waals surface area contributed by atoms with E-state index in [1.54, 1.807) is 18.5 Å². The number of halogens is 4. The normalized spacial score (nSPS) is 12.3. The number of aromatic nitrogens is 2. The number of anilines is 1. The highest BCUT2D eigenvalue weighted by atomic mass is 35.5. The molecule has 0 spiro atoms. The molecule has 0 bridgehead atoms. The van der Waals surface area contributed by atoms with E-state index in [0.29, 0.717) is 28.5 Å². The quantitative estimate of drug-likeness (QED) is 0.753. The molecule has 1 aromatic heterocycles. The molecule has 5 nitrogen and oxygen atoms in total. The number of nitrogens with zero attached hydrogens (tertiary/aromatic N) is 2. The first kappa shape index (κ1) is 19.5. The van der Waals surface area contributed by atoms with Crippen molar-refractivity contribution >= 4 is 34.8 Å². The molecule has 0 aliphatic rings. The second-order valence-electron chi connectivity index (χ2n) is 5.37. The van der Waals surface area contributed by atoms with E-state index in [4.69, 9.17) is 23.2 Å². The molecule has 0 saturated carbocycles. The van der Waals surface area contributed by atoms with Crippen LogP contribution in [0.15, 0.2) is 18.2 Å². The highest BCUT2D eigenvalue weighted by molar-refractivity contribution is 6.32. The summed E-state index contributed by atoms with van der Waals surface area (Å²) in [7, 11) is 0. The van der Waals surface area contributed by atoms with Crippen LogP contribution >= 0.6 is 23.2 Å². The van der Waals surface area contributed by atoms with E-state index in [1.807, 2.05) is 6.92 Å². The van der Waals surface area contributed by atoms with E-state index in [9.17, 15) is 13.6 Å². The summed E-state index contributed by atoms with van der Waals surface area (Å²) in [5.74, 6) is -0.476. The van der Waals surface area contributed by atoms with Crippen LogP contribution in [0.5, 0.6) is 5.75 Å². The number of hydrogen-bond acceptors (Lipinski definition) is 3. The van der Waals surface area contributed by atoms with Gasteiger partial charge in [-0.3, -0.25) is 9.48 Å². The zero-order chi connectivity index (χ0) is 18.7. The molecule has 1 amide bonds. The molecule has 136 valence electrons. The summed E-state index contributed by atoms with van der Waals surface area (Å²) in [6.45, 7) is 2.42. The Hall–Kier alpha value is -1.86. The number of amides is 1. The molecule has 9 heteroatoms. The average molecular weight is 392 g/mol. The molecule has 0 radical (unpaired) electrons. The Morgan fingerprint density at radius 1 is 1.36 bits per heavy atom. The highest BCUT2D eigenvalue weighted by Crippen LogP contribution is 2.30. The van der Waals surface area contributed by atoms with Crippen LogP contribution in [0.2, 0.25) is 10.0 Å². The number of alkyl halides is 2. The van der Waals surface area contributed by atoms with Crippen LogP contribution in [0.25, 0.3) is 0 Å². The standard InChI is InChI=1S/C16H17Cl2F2N3O2/c1-4-12(23-9(3)14(18)8(2)22-23)15(24)21-10-5-6-13(11(17)7-10)25-16(19)20/h5-7,12,16H,4H2,1-3H3,(H,21,24). The lowest BCUT2D eigenvalue weighted by Gasteiger charge is -2.18. The summed E-state index contributed by atoms with van der Waals surface area (Å²) >= 11 is 12.0. The molecule has 1 N–H and O–H groups in total. The van der Waals surface area contributed by atoms with Crippen molar-refractivity contribution in [1.82, 2.24) is 9.78 Å². The average Bonchev–Trinajstić information content (AvgIpc) is 2.78. The van der Waals surface area contributed by atoms with E-state index < -0.39 is 12.7 Å². The van der Waals surface area contributed by atoms with Crippen LogP contribution in [0.1, 0.15) is 30.8 Å². The minimum atomic E-state index is -2.97. The van der Waals surface area contributed by atoms with Crippen LogP contribution in [-0.4, -0.2) is 22.3 Å². The topological polar surface area (TPSA) is 56.1 Å². The van der Waals surface area contributed by atoms with Gasteiger partial charge < -0.3 is 10.1 Å².